The van der Waals surface area contributed by atoms with E-state index in [1.54, 1.807) is 0 Å². The summed E-state index contributed by atoms with van der Waals surface area (Å²) in [5, 5.41) is 0. The fourth-order valence-electron chi connectivity index (χ4n) is 2.50. The fraction of sp³-hybridized carbons (Fsp3) is 0.733. The molecule has 4 rings (SSSR count). The summed E-state index contributed by atoms with van der Waals surface area (Å²) in [6.07, 6.45) is 7.49. The Kier molecular flexibility index (Phi) is 3.42. The lowest BCUT2D eigenvalue weighted by Crippen LogP contribution is -2.31. The average Bonchev–Trinajstić information content (AvgIpc) is 3.32. The molecule has 0 radical (unpaired) electrons. The second kappa shape index (κ2) is 5.39. The maximum absolute atomic E-state index is 5.75. The van der Waals surface area contributed by atoms with Crippen molar-refractivity contribution in [1.29, 1.82) is 0 Å². The molecule has 3 fully saturated rings. The van der Waals surface area contributed by atoms with Crippen LogP contribution in [0.15, 0.2) is 23.6 Å². The molecule has 0 aromatic heterocycles. The first-order chi connectivity index (χ1) is 9.87. The third-order valence-corrected chi connectivity index (χ3v) is 4.01. The van der Waals surface area contributed by atoms with E-state index in [1.807, 2.05) is 0 Å². The highest BCUT2D eigenvalue weighted by Gasteiger charge is 2.32. The van der Waals surface area contributed by atoms with E-state index in [0.29, 0.717) is 24.9 Å². The van der Waals surface area contributed by atoms with Gasteiger partial charge in [0, 0.05) is 25.2 Å². The van der Waals surface area contributed by atoms with Gasteiger partial charge in [0.1, 0.15) is 12.7 Å². The first kappa shape index (κ1) is 12.7. The smallest absolute Gasteiger partial charge is 0.116 e. The summed E-state index contributed by atoms with van der Waals surface area (Å²) >= 11 is 0. The third kappa shape index (κ3) is 3.53. The Labute approximate surface area is 119 Å². The van der Waals surface area contributed by atoms with Gasteiger partial charge in [-0.3, -0.25) is 0 Å². The number of ether oxygens (including phenoxy) is 4. The minimum Gasteiger partial charge on any atom is -0.495 e. The number of nitrogens with zero attached hydrogens (tertiary/aromatic N) is 1. The summed E-state index contributed by atoms with van der Waals surface area (Å²) < 4.78 is 21.6. The topological polar surface area (TPSA) is 50.1 Å². The summed E-state index contributed by atoms with van der Waals surface area (Å²) in [5.41, 5.74) is 1.38. The zero-order valence-electron chi connectivity index (χ0n) is 11.6. The van der Waals surface area contributed by atoms with E-state index < -0.39 is 0 Å². The number of rotatable bonds is 8. The van der Waals surface area contributed by atoms with Crippen LogP contribution in [-0.4, -0.2) is 62.7 Å². The maximum atomic E-state index is 5.75. The molecular formula is C15H21NO4. The predicted molar refractivity (Wildman–Crippen MR) is 72.1 cm³/mol. The van der Waals surface area contributed by atoms with E-state index >= 15 is 0 Å². The zero-order valence-corrected chi connectivity index (χ0v) is 11.6. The molecule has 1 aliphatic carbocycles. The van der Waals surface area contributed by atoms with Gasteiger partial charge in [-0.15, -0.1) is 0 Å². The van der Waals surface area contributed by atoms with Crippen LogP contribution in [0.2, 0.25) is 0 Å². The van der Waals surface area contributed by atoms with Crippen LogP contribution < -0.4 is 0 Å². The molecule has 110 valence electrons. The van der Waals surface area contributed by atoms with Crippen LogP contribution in [-0.2, 0) is 18.9 Å². The average molecular weight is 279 g/mol. The Balaban J connectivity index is 1.34. The van der Waals surface area contributed by atoms with Gasteiger partial charge in [-0.1, -0.05) is 0 Å². The van der Waals surface area contributed by atoms with E-state index in [1.165, 1.54) is 5.70 Å². The Bertz CT molecular complexity index is 408. The molecule has 5 heteroatoms. The molecule has 4 aliphatic rings. The monoisotopic (exact) mass is 279 g/mol. The lowest BCUT2D eigenvalue weighted by Gasteiger charge is -2.28. The first-order valence-corrected chi connectivity index (χ1v) is 7.49. The highest BCUT2D eigenvalue weighted by atomic mass is 16.6. The van der Waals surface area contributed by atoms with Crippen LogP contribution in [0.3, 0.4) is 0 Å². The lowest BCUT2D eigenvalue weighted by atomic mass is 10.1. The van der Waals surface area contributed by atoms with Crippen LogP contribution >= 0.6 is 0 Å². The number of allylic oxidation sites excluding steroid dienone is 4. The van der Waals surface area contributed by atoms with Crippen LogP contribution in [0.5, 0.6) is 0 Å². The molecule has 3 saturated heterocycles. The molecule has 0 saturated carbocycles. The molecule has 0 aromatic carbocycles. The van der Waals surface area contributed by atoms with Gasteiger partial charge in [0.25, 0.3) is 0 Å². The summed E-state index contributed by atoms with van der Waals surface area (Å²) in [4.78, 5) is 2.42. The number of epoxide rings is 3. The van der Waals surface area contributed by atoms with Crippen molar-refractivity contribution in [3.63, 3.8) is 0 Å². The minimum absolute atomic E-state index is 0.330. The highest BCUT2D eigenvalue weighted by molar-refractivity contribution is 5.21. The van der Waals surface area contributed by atoms with Gasteiger partial charge in [-0.2, -0.15) is 0 Å². The predicted octanol–water partition coefficient (Wildman–Crippen LogP) is 1.06. The van der Waals surface area contributed by atoms with Crippen LogP contribution in [0.25, 0.3) is 0 Å². The second-order valence-corrected chi connectivity index (χ2v) is 5.87. The molecule has 3 heterocycles. The second-order valence-electron chi connectivity index (χ2n) is 5.87. The van der Waals surface area contributed by atoms with Gasteiger partial charge in [-0.25, -0.2) is 0 Å². The van der Waals surface area contributed by atoms with E-state index in [9.17, 15) is 0 Å². The van der Waals surface area contributed by atoms with Crippen molar-refractivity contribution < 1.29 is 18.9 Å². The van der Waals surface area contributed by atoms with Gasteiger partial charge in [-0.05, 0) is 18.6 Å². The molecule has 5 nitrogen and oxygen atoms in total. The molecule has 20 heavy (non-hydrogen) atoms. The quantitative estimate of drug-likeness (QED) is 0.622. The summed E-state index contributed by atoms with van der Waals surface area (Å²) in [6.45, 7) is 5.34. The molecule has 0 amide bonds. The van der Waals surface area contributed by atoms with Crippen molar-refractivity contribution in [2.24, 2.45) is 0 Å². The van der Waals surface area contributed by atoms with E-state index in [4.69, 9.17) is 18.9 Å². The number of hydrogen-bond acceptors (Lipinski definition) is 5. The van der Waals surface area contributed by atoms with Crippen molar-refractivity contribution in [3.8, 4) is 0 Å². The van der Waals surface area contributed by atoms with Gasteiger partial charge in [0.15, 0.2) is 0 Å². The standard InChI is InChI=1S/C15H21NO4/c1-3-12(17-9-15-10-20-15)4-2-11(1)16(5-13-7-18-13)6-14-8-19-14/h1,3,13-15H,2,4-10H2. The van der Waals surface area contributed by atoms with Gasteiger partial charge in [0.05, 0.1) is 37.8 Å². The zero-order chi connectivity index (χ0) is 13.4. The summed E-state index contributed by atoms with van der Waals surface area (Å²) in [6, 6.07) is 0. The summed E-state index contributed by atoms with van der Waals surface area (Å²) in [5.74, 6) is 1.08. The Morgan fingerprint density at radius 1 is 0.950 bits per heavy atom. The SMILES string of the molecule is C1=C(OCC2CO2)CCC(N(CC2CO2)CC2CO2)=C1. The molecule has 3 unspecified atom stereocenters. The molecular weight excluding hydrogens is 258 g/mol. The van der Waals surface area contributed by atoms with E-state index in [2.05, 4.69) is 17.1 Å². The molecule has 0 spiro atoms. The van der Waals surface area contributed by atoms with Crippen molar-refractivity contribution in [2.75, 3.05) is 39.5 Å². The Hall–Kier alpha value is -1.04. The van der Waals surface area contributed by atoms with Gasteiger partial charge >= 0.3 is 0 Å². The van der Waals surface area contributed by atoms with E-state index in [-0.39, 0.29) is 0 Å². The molecule has 0 aromatic rings. The summed E-state index contributed by atoms with van der Waals surface area (Å²) in [7, 11) is 0. The maximum Gasteiger partial charge on any atom is 0.116 e. The largest absolute Gasteiger partial charge is 0.495 e. The van der Waals surface area contributed by atoms with Crippen LogP contribution in [0.1, 0.15) is 12.8 Å². The van der Waals surface area contributed by atoms with Crippen LogP contribution in [0, 0.1) is 0 Å². The van der Waals surface area contributed by atoms with Crippen molar-refractivity contribution >= 4 is 0 Å². The van der Waals surface area contributed by atoms with Crippen molar-refractivity contribution in [2.45, 2.75) is 31.2 Å². The number of hydrogen-bond donors (Lipinski definition) is 0. The lowest BCUT2D eigenvalue weighted by molar-refractivity contribution is 0.171. The Morgan fingerprint density at radius 2 is 1.60 bits per heavy atom. The van der Waals surface area contributed by atoms with Crippen molar-refractivity contribution in [3.05, 3.63) is 23.6 Å². The Morgan fingerprint density at radius 3 is 2.10 bits per heavy atom. The first-order valence-electron chi connectivity index (χ1n) is 7.49. The fourth-order valence-corrected chi connectivity index (χ4v) is 2.50. The van der Waals surface area contributed by atoms with Crippen LogP contribution in [0.4, 0.5) is 0 Å². The van der Waals surface area contributed by atoms with Gasteiger partial charge in [0.2, 0.25) is 0 Å². The molecule has 3 aliphatic heterocycles. The molecule has 3 atom stereocenters. The normalized spacial score (nSPS) is 34.1. The van der Waals surface area contributed by atoms with E-state index in [0.717, 1.165) is 51.5 Å². The molecule has 0 N–H and O–H groups in total. The minimum atomic E-state index is 0.330. The van der Waals surface area contributed by atoms with Gasteiger partial charge < -0.3 is 23.8 Å². The molecule has 0 bridgehead atoms. The van der Waals surface area contributed by atoms with Crippen molar-refractivity contribution in [1.82, 2.24) is 4.90 Å². The highest BCUT2D eigenvalue weighted by Crippen LogP contribution is 2.26. The third-order valence-electron chi connectivity index (χ3n) is 4.01.